The van der Waals surface area contributed by atoms with Gasteiger partial charge in [0.2, 0.25) is 0 Å². The van der Waals surface area contributed by atoms with Crippen molar-refractivity contribution in [3.63, 3.8) is 0 Å². The molecule has 0 radical (unpaired) electrons. The van der Waals surface area contributed by atoms with Crippen molar-refractivity contribution in [1.29, 1.82) is 0 Å². The lowest BCUT2D eigenvalue weighted by Gasteiger charge is -2.09. The smallest absolute Gasteiger partial charge is 0.310 e. The molecule has 1 rings (SSSR count). The molecule has 0 amide bonds. The van der Waals surface area contributed by atoms with Crippen LogP contribution in [0.2, 0.25) is 0 Å². The lowest BCUT2D eigenvalue weighted by molar-refractivity contribution is -0.385. The fraction of sp³-hybridized carbons (Fsp3) is 0.429. The summed E-state index contributed by atoms with van der Waals surface area (Å²) in [6.07, 6.45) is 1.56. The van der Waals surface area contributed by atoms with Crippen LogP contribution in [0.3, 0.4) is 0 Å². The lowest BCUT2D eigenvalue weighted by atomic mass is 10.1. The lowest BCUT2D eigenvalue weighted by Crippen LogP contribution is -2.19. The van der Waals surface area contributed by atoms with E-state index in [4.69, 9.17) is 4.74 Å². The van der Waals surface area contributed by atoms with Gasteiger partial charge in [-0.15, -0.1) is 0 Å². The van der Waals surface area contributed by atoms with Gasteiger partial charge in [-0.3, -0.25) is 10.1 Å². The summed E-state index contributed by atoms with van der Waals surface area (Å²) in [6.45, 7) is 9.61. The number of hydrogen-bond acceptors (Lipinski definition) is 4. The first kappa shape index (κ1) is 15.2. The fourth-order valence-electron chi connectivity index (χ4n) is 1.59. The van der Waals surface area contributed by atoms with Crippen LogP contribution in [0.15, 0.2) is 30.9 Å². The van der Waals surface area contributed by atoms with Gasteiger partial charge in [-0.2, -0.15) is 0 Å². The Morgan fingerprint density at radius 1 is 1.53 bits per heavy atom. The van der Waals surface area contributed by atoms with Crippen LogP contribution in [0.5, 0.6) is 5.75 Å². The van der Waals surface area contributed by atoms with Crippen molar-refractivity contribution in [3.8, 4) is 5.75 Å². The van der Waals surface area contributed by atoms with Gasteiger partial charge >= 0.3 is 5.69 Å². The topological polar surface area (TPSA) is 64.4 Å². The fourth-order valence-corrected chi connectivity index (χ4v) is 1.59. The highest BCUT2D eigenvalue weighted by molar-refractivity contribution is 5.48. The molecule has 0 aliphatic carbocycles. The minimum absolute atomic E-state index is 0.0190. The van der Waals surface area contributed by atoms with Crippen LogP contribution in [-0.2, 0) is 6.54 Å². The van der Waals surface area contributed by atoms with Crippen molar-refractivity contribution < 1.29 is 9.66 Å². The van der Waals surface area contributed by atoms with Gasteiger partial charge in [-0.05, 0) is 24.1 Å². The zero-order valence-electron chi connectivity index (χ0n) is 11.4. The summed E-state index contributed by atoms with van der Waals surface area (Å²) in [5, 5.41) is 14.2. The van der Waals surface area contributed by atoms with Gasteiger partial charge in [0, 0.05) is 12.6 Å². The van der Waals surface area contributed by atoms with Crippen molar-refractivity contribution in [2.45, 2.75) is 20.4 Å². The summed E-state index contributed by atoms with van der Waals surface area (Å²) in [5.74, 6) is 0.850. The summed E-state index contributed by atoms with van der Waals surface area (Å²) in [6, 6.07) is 4.92. The number of nitrogens with one attached hydrogen (secondary N) is 1. The number of nitro benzene ring substituents is 1. The molecular weight excluding hydrogens is 244 g/mol. The van der Waals surface area contributed by atoms with Crippen LogP contribution < -0.4 is 10.1 Å². The van der Waals surface area contributed by atoms with E-state index in [1.54, 1.807) is 18.2 Å². The largest absolute Gasteiger partial charge is 0.483 e. The average Bonchev–Trinajstić information content (AvgIpc) is 2.35. The zero-order chi connectivity index (χ0) is 14.3. The molecule has 0 spiro atoms. The Morgan fingerprint density at radius 3 is 2.84 bits per heavy atom. The third-order valence-electron chi connectivity index (χ3n) is 2.46. The average molecular weight is 264 g/mol. The van der Waals surface area contributed by atoms with Gasteiger partial charge in [0.25, 0.3) is 0 Å². The van der Waals surface area contributed by atoms with E-state index in [9.17, 15) is 10.1 Å². The third-order valence-corrected chi connectivity index (χ3v) is 2.46. The van der Waals surface area contributed by atoms with Crippen LogP contribution in [0.4, 0.5) is 5.69 Å². The number of hydrogen-bond donors (Lipinski definition) is 1. The molecule has 0 bridgehead atoms. The van der Waals surface area contributed by atoms with Crippen molar-refractivity contribution in [2.24, 2.45) is 5.92 Å². The molecule has 0 saturated heterocycles. The van der Waals surface area contributed by atoms with Crippen LogP contribution in [0.1, 0.15) is 19.4 Å². The molecule has 0 aromatic heterocycles. The van der Waals surface area contributed by atoms with E-state index in [0.717, 1.165) is 12.1 Å². The SMILES string of the molecule is C=CCOc1cc(CNCC(C)C)ccc1[N+](=O)[O-]. The predicted octanol–water partition coefficient (Wildman–Crippen LogP) is 2.91. The molecule has 0 aliphatic heterocycles. The minimum atomic E-state index is -0.441. The molecular formula is C14H20N2O3. The molecule has 0 unspecified atom stereocenters. The first-order valence-electron chi connectivity index (χ1n) is 6.26. The Bertz CT molecular complexity index is 444. The zero-order valence-corrected chi connectivity index (χ0v) is 11.4. The number of rotatable bonds is 8. The minimum Gasteiger partial charge on any atom is -0.483 e. The first-order valence-corrected chi connectivity index (χ1v) is 6.26. The van der Waals surface area contributed by atoms with Crippen LogP contribution in [0.25, 0.3) is 0 Å². The van der Waals surface area contributed by atoms with Crippen molar-refractivity contribution >= 4 is 5.69 Å². The number of nitro groups is 1. The van der Waals surface area contributed by atoms with Gasteiger partial charge in [-0.25, -0.2) is 0 Å². The van der Waals surface area contributed by atoms with E-state index in [1.165, 1.54) is 6.07 Å². The van der Waals surface area contributed by atoms with Crippen LogP contribution in [-0.4, -0.2) is 18.1 Å². The highest BCUT2D eigenvalue weighted by Crippen LogP contribution is 2.28. The van der Waals surface area contributed by atoms with Gasteiger partial charge < -0.3 is 10.1 Å². The normalized spacial score (nSPS) is 10.5. The second-order valence-electron chi connectivity index (χ2n) is 4.68. The number of ether oxygens (including phenoxy) is 1. The Balaban J connectivity index is 2.78. The van der Waals surface area contributed by atoms with Crippen LogP contribution in [0, 0.1) is 16.0 Å². The molecule has 5 nitrogen and oxygen atoms in total. The summed E-state index contributed by atoms with van der Waals surface area (Å²) in [5.41, 5.74) is 0.944. The van der Waals surface area contributed by atoms with E-state index < -0.39 is 4.92 Å². The molecule has 1 aromatic rings. The standard InChI is InChI=1S/C14H20N2O3/c1-4-7-19-14-8-12(10-15-9-11(2)3)5-6-13(14)16(17)18/h4-6,8,11,15H,1,7,9-10H2,2-3H3. The monoisotopic (exact) mass is 264 g/mol. The highest BCUT2D eigenvalue weighted by atomic mass is 16.6. The van der Waals surface area contributed by atoms with E-state index in [2.05, 4.69) is 25.7 Å². The van der Waals surface area contributed by atoms with Crippen molar-refractivity contribution in [3.05, 3.63) is 46.5 Å². The Kier molecular flexibility index (Phi) is 6.02. The second kappa shape index (κ2) is 7.53. The Hall–Kier alpha value is -1.88. The summed E-state index contributed by atoms with van der Waals surface area (Å²) in [4.78, 5) is 10.4. The molecule has 0 fully saturated rings. The van der Waals surface area contributed by atoms with Gasteiger partial charge in [-0.1, -0.05) is 32.6 Å². The van der Waals surface area contributed by atoms with Crippen molar-refractivity contribution in [1.82, 2.24) is 5.32 Å². The predicted molar refractivity (Wildman–Crippen MR) is 75.3 cm³/mol. The Labute approximate surface area is 113 Å². The molecule has 1 N–H and O–H groups in total. The van der Waals surface area contributed by atoms with E-state index in [1.807, 2.05) is 0 Å². The van der Waals surface area contributed by atoms with Gasteiger partial charge in [0.15, 0.2) is 5.75 Å². The van der Waals surface area contributed by atoms with Gasteiger partial charge in [0.1, 0.15) is 6.61 Å². The van der Waals surface area contributed by atoms with Gasteiger partial charge in [0.05, 0.1) is 4.92 Å². The molecule has 0 heterocycles. The van der Waals surface area contributed by atoms with E-state index >= 15 is 0 Å². The Morgan fingerprint density at radius 2 is 2.26 bits per heavy atom. The molecule has 0 aliphatic rings. The van der Waals surface area contributed by atoms with E-state index in [-0.39, 0.29) is 18.0 Å². The quantitative estimate of drug-likeness (QED) is 0.445. The third kappa shape index (κ3) is 5.09. The molecule has 5 heteroatoms. The summed E-state index contributed by atoms with van der Waals surface area (Å²) >= 11 is 0. The molecule has 19 heavy (non-hydrogen) atoms. The maximum absolute atomic E-state index is 10.9. The molecule has 0 saturated carbocycles. The molecule has 1 aromatic carbocycles. The van der Waals surface area contributed by atoms with Crippen LogP contribution >= 0.6 is 0 Å². The maximum atomic E-state index is 10.9. The molecule has 0 atom stereocenters. The number of nitrogens with zero attached hydrogens (tertiary/aromatic N) is 1. The maximum Gasteiger partial charge on any atom is 0.310 e. The van der Waals surface area contributed by atoms with Crippen molar-refractivity contribution in [2.75, 3.05) is 13.2 Å². The highest BCUT2D eigenvalue weighted by Gasteiger charge is 2.15. The van der Waals surface area contributed by atoms with E-state index in [0.29, 0.717) is 12.5 Å². The molecule has 104 valence electrons. The summed E-state index contributed by atoms with van der Waals surface area (Å²) < 4.78 is 5.33. The summed E-state index contributed by atoms with van der Waals surface area (Å²) in [7, 11) is 0. The number of benzene rings is 1. The first-order chi connectivity index (χ1) is 9.04. The second-order valence-corrected chi connectivity index (χ2v) is 4.68.